The molecule has 1 unspecified atom stereocenters. The van der Waals surface area contributed by atoms with Crippen LogP contribution in [0, 0.1) is 5.82 Å². The highest BCUT2D eigenvalue weighted by molar-refractivity contribution is 5.79. The molecule has 0 aromatic heterocycles. The van der Waals surface area contributed by atoms with Gasteiger partial charge in [0.25, 0.3) is 0 Å². The van der Waals surface area contributed by atoms with Gasteiger partial charge in [0.05, 0.1) is 6.10 Å². The Balaban J connectivity index is 1.54. The van der Waals surface area contributed by atoms with Crippen molar-refractivity contribution < 1.29 is 9.13 Å². The molecule has 1 saturated carbocycles. The maximum Gasteiger partial charge on any atom is 0.191 e. The number of halogens is 1. The van der Waals surface area contributed by atoms with E-state index in [1.165, 1.54) is 30.5 Å². The number of ether oxygens (including phenoxy) is 1. The van der Waals surface area contributed by atoms with Gasteiger partial charge < -0.3 is 15.4 Å². The van der Waals surface area contributed by atoms with Crippen molar-refractivity contribution in [2.45, 2.75) is 24.4 Å². The van der Waals surface area contributed by atoms with Gasteiger partial charge in [0, 0.05) is 32.7 Å². The number of hydrogen-bond donors (Lipinski definition) is 2. The summed E-state index contributed by atoms with van der Waals surface area (Å²) in [4.78, 5) is 4.31. The van der Waals surface area contributed by atoms with Gasteiger partial charge in [-0.15, -0.1) is 0 Å². The Morgan fingerprint density at radius 1 is 1.12 bits per heavy atom. The lowest BCUT2D eigenvalue weighted by Gasteiger charge is -2.21. The molecule has 4 nitrogen and oxygen atoms in total. The normalized spacial score (nSPS) is 16.8. The van der Waals surface area contributed by atoms with E-state index in [1.807, 2.05) is 6.07 Å². The van der Waals surface area contributed by atoms with E-state index in [1.54, 1.807) is 26.3 Å². The van der Waals surface area contributed by atoms with E-state index in [-0.39, 0.29) is 17.3 Å². The van der Waals surface area contributed by atoms with Crippen LogP contribution >= 0.6 is 0 Å². The number of aliphatic imine (C=N–C) groups is 1. The van der Waals surface area contributed by atoms with E-state index in [2.05, 4.69) is 39.9 Å². The third-order valence-electron chi connectivity index (χ3n) is 5.04. The van der Waals surface area contributed by atoms with Crippen LogP contribution in [0.15, 0.2) is 59.6 Å². The fourth-order valence-electron chi connectivity index (χ4n) is 3.19. The van der Waals surface area contributed by atoms with Gasteiger partial charge in [-0.25, -0.2) is 4.39 Å². The summed E-state index contributed by atoms with van der Waals surface area (Å²) in [6.07, 6.45) is 2.22. The van der Waals surface area contributed by atoms with Gasteiger partial charge >= 0.3 is 0 Å². The third-order valence-corrected chi connectivity index (χ3v) is 5.04. The first-order valence-corrected chi connectivity index (χ1v) is 8.95. The summed E-state index contributed by atoms with van der Waals surface area (Å²) in [6.45, 7) is 1.41. The third kappa shape index (κ3) is 4.41. The van der Waals surface area contributed by atoms with Crippen molar-refractivity contribution >= 4 is 5.96 Å². The van der Waals surface area contributed by atoms with E-state index >= 15 is 0 Å². The Morgan fingerprint density at radius 2 is 1.81 bits per heavy atom. The second kappa shape index (κ2) is 8.32. The monoisotopic (exact) mass is 355 g/mol. The number of nitrogens with zero attached hydrogens (tertiary/aromatic N) is 1. The molecular formula is C21H26FN3O. The standard InChI is InChI=1S/C21H26FN3O/c1-23-20(24-14-19(26-2)16-8-10-18(22)11-9-16)25-15-21(12-13-21)17-6-4-3-5-7-17/h3-11,19H,12-15H2,1-2H3,(H2,23,24,25). The van der Waals surface area contributed by atoms with Gasteiger partial charge in [-0.1, -0.05) is 42.5 Å². The zero-order valence-corrected chi connectivity index (χ0v) is 15.3. The largest absolute Gasteiger partial charge is 0.375 e. The van der Waals surface area contributed by atoms with E-state index in [0.29, 0.717) is 6.54 Å². The molecule has 1 fully saturated rings. The van der Waals surface area contributed by atoms with Crippen LogP contribution in [0.3, 0.4) is 0 Å². The molecule has 138 valence electrons. The molecule has 0 saturated heterocycles. The first-order chi connectivity index (χ1) is 12.7. The molecule has 0 bridgehead atoms. The first-order valence-electron chi connectivity index (χ1n) is 8.95. The number of methoxy groups -OCH3 is 1. The van der Waals surface area contributed by atoms with Gasteiger partial charge in [-0.3, -0.25) is 4.99 Å². The Kier molecular flexibility index (Phi) is 5.89. The number of hydrogen-bond acceptors (Lipinski definition) is 2. The van der Waals surface area contributed by atoms with Crippen molar-refractivity contribution in [1.29, 1.82) is 0 Å². The predicted octanol–water partition coefficient (Wildman–Crippen LogP) is 3.41. The van der Waals surface area contributed by atoms with Gasteiger partial charge in [-0.2, -0.15) is 0 Å². The summed E-state index contributed by atoms with van der Waals surface area (Å²) in [7, 11) is 3.41. The van der Waals surface area contributed by atoms with Crippen molar-refractivity contribution in [3.05, 3.63) is 71.5 Å². The Hall–Kier alpha value is -2.40. The number of guanidine groups is 1. The van der Waals surface area contributed by atoms with Crippen molar-refractivity contribution in [1.82, 2.24) is 10.6 Å². The first kappa shape index (κ1) is 18.4. The minimum absolute atomic E-state index is 0.168. The molecule has 0 spiro atoms. The smallest absolute Gasteiger partial charge is 0.191 e. The number of rotatable bonds is 7. The molecule has 0 aliphatic heterocycles. The highest BCUT2D eigenvalue weighted by atomic mass is 19.1. The minimum Gasteiger partial charge on any atom is -0.375 e. The van der Waals surface area contributed by atoms with Crippen LogP contribution in [0.2, 0.25) is 0 Å². The Labute approximate surface area is 154 Å². The summed E-state index contributed by atoms with van der Waals surface area (Å²) >= 11 is 0. The Morgan fingerprint density at radius 3 is 2.38 bits per heavy atom. The minimum atomic E-state index is -0.246. The average Bonchev–Trinajstić information content (AvgIpc) is 3.48. The maximum atomic E-state index is 13.1. The molecule has 2 aromatic rings. The maximum absolute atomic E-state index is 13.1. The molecule has 0 heterocycles. The molecule has 1 aliphatic carbocycles. The van der Waals surface area contributed by atoms with Crippen molar-refractivity contribution in [2.75, 3.05) is 27.2 Å². The SMILES string of the molecule is CN=C(NCC(OC)c1ccc(F)cc1)NCC1(c2ccccc2)CC1. The molecule has 2 N–H and O–H groups in total. The van der Waals surface area contributed by atoms with Crippen molar-refractivity contribution in [3.63, 3.8) is 0 Å². The van der Waals surface area contributed by atoms with Crippen LogP contribution in [-0.4, -0.2) is 33.2 Å². The molecule has 1 aliphatic rings. The second-order valence-electron chi connectivity index (χ2n) is 6.73. The van der Waals surface area contributed by atoms with Crippen LogP contribution in [0.4, 0.5) is 4.39 Å². The fourth-order valence-corrected chi connectivity index (χ4v) is 3.19. The summed E-state index contributed by atoms with van der Waals surface area (Å²) < 4.78 is 18.6. The molecule has 5 heteroatoms. The molecule has 0 amide bonds. The number of nitrogens with one attached hydrogen (secondary N) is 2. The molecule has 0 radical (unpaired) electrons. The Bertz CT molecular complexity index is 727. The van der Waals surface area contributed by atoms with Crippen LogP contribution < -0.4 is 10.6 Å². The zero-order valence-electron chi connectivity index (χ0n) is 15.3. The van der Waals surface area contributed by atoms with Crippen LogP contribution in [-0.2, 0) is 10.2 Å². The lowest BCUT2D eigenvalue weighted by molar-refractivity contribution is 0.106. The van der Waals surface area contributed by atoms with E-state index < -0.39 is 0 Å². The predicted molar refractivity (Wildman–Crippen MR) is 103 cm³/mol. The molecule has 26 heavy (non-hydrogen) atoms. The lowest BCUT2D eigenvalue weighted by Crippen LogP contribution is -2.42. The van der Waals surface area contributed by atoms with Crippen LogP contribution in [0.1, 0.15) is 30.1 Å². The zero-order chi connectivity index (χ0) is 18.4. The van der Waals surface area contributed by atoms with Crippen molar-refractivity contribution in [3.8, 4) is 0 Å². The van der Waals surface area contributed by atoms with Gasteiger partial charge in [0.1, 0.15) is 5.82 Å². The summed E-state index contributed by atoms with van der Waals surface area (Å²) in [5, 5.41) is 6.74. The van der Waals surface area contributed by atoms with Crippen molar-refractivity contribution in [2.24, 2.45) is 4.99 Å². The fraction of sp³-hybridized carbons (Fsp3) is 0.381. The summed E-state index contributed by atoms with van der Waals surface area (Å²) in [5.74, 6) is 0.501. The van der Waals surface area contributed by atoms with Crippen LogP contribution in [0.5, 0.6) is 0 Å². The highest BCUT2D eigenvalue weighted by Gasteiger charge is 2.44. The summed E-state index contributed by atoms with van der Waals surface area (Å²) in [5.41, 5.74) is 2.53. The summed E-state index contributed by atoms with van der Waals surface area (Å²) in [6, 6.07) is 17.0. The number of benzene rings is 2. The van der Waals surface area contributed by atoms with E-state index in [4.69, 9.17) is 4.74 Å². The molecular weight excluding hydrogens is 329 g/mol. The topological polar surface area (TPSA) is 45.7 Å². The van der Waals surface area contributed by atoms with Gasteiger partial charge in [0.15, 0.2) is 5.96 Å². The molecule has 2 aromatic carbocycles. The average molecular weight is 355 g/mol. The van der Waals surface area contributed by atoms with Gasteiger partial charge in [-0.05, 0) is 36.1 Å². The lowest BCUT2D eigenvalue weighted by atomic mass is 9.96. The second-order valence-corrected chi connectivity index (χ2v) is 6.73. The van der Waals surface area contributed by atoms with Gasteiger partial charge in [0.2, 0.25) is 0 Å². The van der Waals surface area contributed by atoms with Crippen LogP contribution in [0.25, 0.3) is 0 Å². The van der Waals surface area contributed by atoms with E-state index in [0.717, 1.165) is 18.1 Å². The molecule has 3 rings (SSSR count). The molecule has 1 atom stereocenters. The van der Waals surface area contributed by atoms with E-state index in [9.17, 15) is 4.39 Å². The quantitative estimate of drug-likeness (QED) is 0.591. The highest BCUT2D eigenvalue weighted by Crippen LogP contribution is 2.47.